The molecule has 0 aromatic heterocycles. The molecule has 12 heavy (non-hydrogen) atoms. The van der Waals surface area contributed by atoms with Gasteiger partial charge in [0.25, 0.3) is 0 Å². The fraction of sp³-hybridized carbons (Fsp3) is 0.727. The van der Waals surface area contributed by atoms with Gasteiger partial charge >= 0.3 is 0 Å². The van der Waals surface area contributed by atoms with Gasteiger partial charge in [0.2, 0.25) is 0 Å². The SMILES string of the molecule is C=C1[C@H]2CC[C@@]1(C)C(=O)C[C@H]2C. The lowest BCUT2D eigenvalue weighted by molar-refractivity contribution is -0.127. The fourth-order valence-corrected chi connectivity index (χ4v) is 2.79. The second-order valence-corrected chi connectivity index (χ2v) is 4.61. The minimum absolute atomic E-state index is 0.142. The monoisotopic (exact) mass is 164 g/mol. The first-order valence-corrected chi connectivity index (χ1v) is 4.78. The van der Waals surface area contributed by atoms with Gasteiger partial charge in [-0.1, -0.05) is 19.1 Å². The van der Waals surface area contributed by atoms with Crippen LogP contribution in [0.25, 0.3) is 0 Å². The third-order valence-corrected chi connectivity index (χ3v) is 3.92. The Kier molecular flexibility index (Phi) is 1.48. The minimum atomic E-state index is -0.142. The first-order chi connectivity index (χ1) is 5.55. The van der Waals surface area contributed by atoms with E-state index in [0.717, 1.165) is 12.8 Å². The van der Waals surface area contributed by atoms with Crippen LogP contribution in [0.5, 0.6) is 0 Å². The van der Waals surface area contributed by atoms with E-state index in [2.05, 4.69) is 20.4 Å². The molecule has 0 aromatic carbocycles. The van der Waals surface area contributed by atoms with Gasteiger partial charge in [-0.05, 0) is 31.6 Å². The highest BCUT2D eigenvalue weighted by atomic mass is 16.1. The zero-order valence-corrected chi connectivity index (χ0v) is 7.89. The van der Waals surface area contributed by atoms with E-state index in [1.165, 1.54) is 12.0 Å². The molecule has 66 valence electrons. The van der Waals surface area contributed by atoms with Crippen molar-refractivity contribution in [2.24, 2.45) is 17.3 Å². The molecular weight excluding hydrogens is 148 g/mol. The molecule has 2 rings (SSSR count). The van der Waals surface area contributed by atoms with Crippen LogP contribution in [0.4, 0.5) is 0 Å². The highest BCUT2D eigenvalue weighted by molar-refractivity contribution is 5.89. The van der Waals surface area contributed by atoms with Crippen LogP contribution in [0.3, 0.4) is 0 Å². The van der Waals surface area contributed by atoms with E-state index >= 15 is 0 Å². The molecule has 0 N–H and O–H groups in total. The molecule has 2 fully saturated rings. The zero-order chi connectivity index (χ0) is 8.93. The minimum Gasteiger partial charge on any atom is -0.299 e. The molecule has 1 nitrogen and oxygen atoms in total. The lowest BCUT2D eigenvalue weighted by Crippen LogP contribution is -2.34. The second kappa shape index (κ2) is 2.21. The molecule has 2 saturated carbocycles. The second-order valence-electron chi connectivity index (χ2n) is 4.61. The fourth-order valence-electron chi connectivity index (χ4n) is 2.79. The van der Waals surface area contributed by atoms with Gasteiger partial charge in [0.15, 0.2) is 0 Å². The zero-order valence-electron chi connectivity index (χ0n) is 7.89. The smallest absolute Gasteiger partial charge is 0.143 e. The number of hydrogen-bond acceptors (Lipinski definition) is 1. The summed E-state index contributed by atoms with van der Waals surface area (Å²) in [6, 6.07) is 0. The number of Topliss-reactive ketones (excluding diaryl/α,β-unsaturated/α-hetero) is 1. The molecule has 0 aliphatic heterocycles. The van der Waals surface area contributed by atoms with Crippen molar-refractivity contribution in [3.05, 3.63) is 12.2 Å². The van der Waals surface area contributed by atoms with Crippen LogP contribution in [-0.4, -0.2) is 5.78 Å². The Morgan fingerprint density at radius 1 is 1.58 bits per heavy atom. The Balaban J connectivity index is 2.41. The summed E-state index contributed by atoms with van der Waals surface area (Å²) in [4.78, 5) is 11.7. The highest BCUT2D eigenvalue weighted by Crippen LogP contribution is 2.54. The van der Waals surface area contributed by atoms with Crippen molar-refractivity contribution in [3.8, 4) is 0 Å². The van der Waals surface area contributed by atoms with Crippen LogP contribution < -0.4 is 0 Å². The van der Waals surface area contributed by atoms with Gasteiger partial charge in [-0.25, -0.2) is 0 Å². The van der Waals surface area contributed by atoms with E-state index in [4.69, 9.17) is 0 Å². The van der Waals surface area contributed by atoms with Crippen LogP contribution in [0, 0.1) is 17.3 Å². The van der Waals surface area contributed by atoms with Crippen molar-refractivity contribution in [1.82, 2.24) is 0 Å². The van der Waals surface area contributed by atoms with E-state index in [9.17, 15) is 4.79 Å². The molecule has 0 unspecified atom stereocenters. The lowest BCUT2D eigenvalue weighted by Gasteiger charge is -2.34. The van der Waals surface area contributed by atoms with Gasteiger partial charge < -0.3 is 0 Å². The van der Waals surface area contributed by atoms with E-state index < -0.39 is 0 Å². The third-order valence-electron chi connectivity index (χ3n) is 3.92. The number of hydrogen-bond donors (Lipinski definition) is 0. The van der Waals surface area contributed by atoms with Crippen molar-refractivity contribution < 1.29 is 4.79 Å². The van der Waals surface area contributed by atoms with Gasteiger partial charge in [-0.2, -0.15) is 0 Å². The number of ketones is 1. The van der Waals surface area contributed by atoms with Crippen LogP contribution in [0.2, 0.25) is 0 Å². The molecule has 2 aliphatic carbocycles. The van der Waals surface area contributed by atoms with Gasteiger partial charge in [-0.3, -0.25) is 4.79 Å². The Labute approximate surface area is 73.8 Å². The van der Waals surface area contributed by atoms with Crippen LogP contribution in [0.1, 0.15) is 33.1 Å². The van der Waals surface area contributed by atoms with Gasteiger partial charge in [0.05, 0.1) is 0 Å². The molecule has 2 bridgehead atoms. The number of carbonyl (C=O) groups is 1. The van der Waals surface area contributed by atoms with E-state index in [0.29, 0.717) is 17.6 Å². The summed E-state index contributed by atoms with van der Waals surface area (Å²) < 4.78 is 0. The molecule has 0 amide bonds. The van der Waals surface area contributed by atoms with Crippen molar-refractivity contribution in [2.75, 3.05) is 0 Å². The van der Waals surface area contributed by atoms with E-state index in [-0.39, 0.29) is 5.41 Å². The quantitative estimate of drug-likeness (QED) is 0.503. The van der Waals surface area contributed by atoms with E-state index in [1.54, 1.807) is 0 Å². The molecule has 0 radical (unpaired) electrons. The normalized spacial score (nSPS) is 46.8. The molecule has 1 heteroatoms. The largest absolute Gasteiger partial charge is 0.299 e. The molecule has 3 atom stereocenters. The molecule has 0 heterocycles. The topological polar surface area (TPSA) is 17.1 Å². The maximum absolute atomic E-state index is 11.7. The Bertz CT molecular complexity index is 254. The maximum Gasteiger partial charge on any atom is 0.143 e. The standard InChI is InChI=1S/C11H16O/c1-7-6-10(12)11(3)5-4-9(7)8(11)2/h7,9H,2,4-6H2,1,3H3/t7-,9+,11-/m1/s1. The van der Waals surface area contributed by atoms with Gasteiger partial charge in [-0.15, -0.1) is 0 Å². The number of carbonyl (C=O) groups excluding carboxylic acids is 1. The summed E-state index contributed by atoms with van der Waals surface area (Å²) in [5.74, 6) is 1.60. The lowest BCUT2D eigenvalue weighted by atomic mass is 9.69. The Morgan fingerprint density at radius 2 is 2.25 bits per heavy atom. The van der Waals surface area contributed by atoms with Gasteiger partial charge in [0.1, 0.15) is 5.78 Å². The summed E-state index contributed by atoms with van der Waals surface area (Å²) in [5.41, 5.74) is 1.07. The number of rotatable bonds is 0. The first kappa shape index (κ1) is 8.03. The maximum atomic E-state index is 11.7. The van der Waals surface area contributed by atoms with Crippen molar-refractivity contribution in [3.63, 3.8) is 0 Å². The predicted molar refractivity (Wildman–Crippen MR) is 48.8 cm³/mol. The Hall–Kier alpha value is -0.590. The molecule has 2 aliphatic rings. The van der Waals surface area contributed by atoms with Gasteiger partial charge in [0, 0.05) is 11.8 Å². The van der Waals surface area contributed by atoms with Crippen molar-refractivity contribution in [2.45, 2.75) is 33.1 Å². The number of allylic oxidation sites excluding steroid dienone is 1. The van der Waals surface area contributed by atoms with Crippen LogP contribution >= 0.6 is 0 Å². The third kappa shape index (κ3) is 0.769. The van der Waals surface area contributed by atoms with Crippen LogP contribution in [0.15, 0.2) is 12.2 Å². The molecule has 0 spiro atoms. The average molecular weight is 164 g/mol. The first-order valence-electron chi connectivity index (χ1n) is 4.78. The number of fused-ring (bicyclic) bond motifs is 2. The molecule has 0 saturated heterocycles. The predicted octanol–water partition coefficient (Wildman–Crippen LogP) is 2.57. The highest BCUT2D eigenvalue weighted by Gasteiger charge is 2.50. The van der Waals surface area contributed by atoms with Crippen LogP contribution in [-0.2, 0) is 4.79 Å². The summed E-state index contributed by atoms with van der Waals surface area (Å²) in [6.45, 7) is 8.34. The van der Waals surface area contributed by atoms with E-state index in [1.807, 2.05) is 0 Å². The Morgan fingerprint density at radius 3 is 2.92 bits per heavy atom. The summed E-state index contributed by atoms with van der Waals surface area (Å²) in [5, 5.41) is 0. The molecule has 0 aromatic rings. The summed E-state index contributed by atoms with van der Waals surface area (Å²) in [7, 11) is 0. The van der Waals surface area contributed by atoms with Crippen molar-refractivity contribution in [1.29, 1.82) is 0 Å². The summed E-state index contributed by atoms with van der Waals surface area (Å²) in [6.07, 6.45) is 3.00. The molecular formula is C11H16O. The average Bonchev–Trinajstić information content (AvgIpc) is 2.23. The summed E-state index contributed by atoms with van der Waals surface area (Å²) >= 11 is 0. The van der Waals surface area contributed by atoms with Crippen molar-refractivity contribution >= 4 is 5.78 Å².